The number of rotatable bonds is 2. The van der Waals surface area contributed by atoms with Gasteiger partial charge in [-0.1, -0.05) is 31.4 Å². The van der Waals surface area contributed by atoms with Crippen LogP contribution in [-0.4, -0.2) is 36.6 Å². The molecular weight excluding hydrogens is 184 g/mol. The van der Waals surface area contributed by atoms with Crippen LogP contribution in [0.25, 0.3) is 0 Å². The molecule has 0 radical (unpaired) electrons. The van der Waals surface area contributed by atoms with Crippen LogP contribution < -0.4 is 5.32 Å². The summed E-state index contributed by atoms with van der Waals surface area (Å²) in [4.78, 5) is 2.69. The van der Waals surface area contributed by atoms with Gasteiger partial charge in [-0.05, 0) is 19.8 Å². The summed E-state index contributed by atoms with van der Waals surface area (Å²) in [5.74, 6) is 0. The molecule has 0 aromatic rings. The van der Waals surface area contributed by atoms with Gasteiger partial charge in [-0.25, -0.2) is 0 Å². The summed E-state index contributed by atoms with van der Waals surface area (Å²) in [6.45, 7) is 10.9. The highest BCUT2D eigenvalue weighted by atomic mass is 15.3. The molecule has 1 aliphatic heterocycles. The van der Waals surface area contributed by atoms with E-state index < -0.39 is 0 Å². The van der Waals surface area contributed by atoms with Crippen LogP contribution in [-0.2, 0) is 0 Å². The Labute approximate surface area is 93.7 Å². The summed E-state index contributed by atoms with van der Waals surface area (Å²) in [7, 11) is 0. The average molecular weight is 208 g/mol. The molecule has 15 heavy (non-hydrogen) atoms. The first-order chi connectivity index (χ1) is 7.23. The smallest absolute Gasteiger partial charge is 0.0337 e. The minimum Gasteiger partial charge on any atom is -0.314 e. The molecule has 1 aliphatic carbocycles. The molecule has 0 aromatic heterocycles. The molecule has 0 amide bonds. The van der Waals surface area contributed by atoms with Crippen molar-refractivity contribution in [1.29, 1.82) is 0 Å². The van der Waals surface area contributed by atoms with Crippen LogP contribution in [0.2, 0.25) is 0 Å². The van der Waals surface area contributed by atoms with Crippen molar-refractivity contribution in [1.82, 2.24) is 10.2 Å². The lowest BCUT2D eigenvalue weighted by Crippen LogP contribution is -2.62. The fourth-order valence-electron chi connectivity index (χ4n) is 3.16. The lowest BCUT2D eigenvalue weighted by Gasteiger charge is -2.50. The highest BCUT2D eigenvalue weighted by Crippen LogP contribution is 2.34. The second-order valence-electron chi connectivity index (χ2n) is 5.34. The van der Waals surface area contributed by atoms with E-state index in [4.69, 9.17) is 0 Å². The topological polar surface area (TPSA) is 15.3 Å². The first-order valence-electron chi connectivity index (χ1n) is 6.33. The van der Waals surface area contributed by atoms with Gasteiger partial charge in [0.15, 0.2) is 0 Å². The summed E-state index contributed by atoms with van der Waals surface area (Å²) in [6, 6.07) is 0. The first kappa shape index (κ1) is 11.2. The maximum absolute atomic E-state index is 4.07. The zero-order valence-electron chi connectivity index (χ0n) is 10.0. The predicted molar refractivity (Wildman–Crippen MR) is 65.1 cm³/mol. The molecule has 2 heteroatoms. The lowest BCUT2D eigenvalue weighted by atomic mass is 9.79. The van der Waals surface area contributed by atoms with Crippen LogP contribution in [0.1, 0.15) is 39.0 Å². The molecule has 1 saturated carbocycles. The van der Waals surface area contributed by atoms with Crippen molar-refractivity contribution in [2.75, 3.05) is 26.2 Å². The number of nitrogens with zero attached hydrogens (tertiary/aromatic N) is 1. The largest absolute Gasteiger partial charge is 0.314 e. The van der Waals surface area contributed by atoms with Crippen molar-refractivity contribution >= 4 is 0 Å². The molecule has 1 heterocycles. The van der Waals surface area contributed by atoms with E-state index in [1.54, 1.807) is 0 Å². The predicted octanol–water partition coefficient (Wildman–Crippen LogP) is 2.17. The maximum atomic E-state index is 4.07. The van der Waals surface area contributed by atoms with Gasteiger partial charge in [0.2, 0.25) is 0 Å². The molecule has 86 valence electrons. The standard InChI is InChI=1S/C13H24N2/c1-12(2)10-15-9-8-14-11-13(15)6-4-3-5-7-13/h14H,1,3-11H2,2H3. The van der Waals surface area contributed by atoms with Gasteiger partial charge < -0.3 is 5.32 Å². The maximum Gasteiger partial charge on any atom is 0.0337 e. The van der Waals surface area contributed by atoms with Gasteiger partial charge in [-0.15, -0.1) is 0 Å². The molecule has 2 aliphatic rings. The first-order valence-corrected chi connectivity index (χ1v) is 6.33. The van der Waals surface area contributed by atoms with Crippen LogP contribution in [0, 0.1) is 0 Å². The van der Waals surface area contributed by atoms with Crippen LogP contribution in [0.4, 0.5) is 0 Å². The molecule has 1 saturated heterocycles. The van der Waals surface area contributed by atoms with Gasteiger partial charge in [-0.2, -0.15) is 0 Å². The number of nitrogens with one attached hydrogen (secondary N) is 1. The summed E-state index contributed by atoms with van der Waals surface area (Å²) < 4.78 is 0. The lowest BCUT2D eigenvalue weighted by molar-refractivity contribution is 0.0358. The quantitative estimate of drug-likeness (QED) is 0.700. The van der Waals surface area contributed by atoms with Gasteiger partial charge in [0.1, 0.15) is 0 Å². The Bertz CT molecular complexity index is 220. The molecule has 1 spiro atoms. The molecule has 2 fully saturated rings. The van der Waals surface area contributed by atoms with Crippen molar-refractivity contribution < 1.29 is 0 Å². The SMILES string of the molecule is C=C(C)CN1CCNCC12CCCCC2. The molecule has 0 atom stereocenters. The normalized spacial score (nSPS) is 26.7. The van der Waals surface area contributed by atoms with Crippen molar-refractivity contribution in [2.24, 2.45) is 0 Å². The van der Waals surface area contributed by atoms with E-state index in [1.165, 1.54) is 50.8 Å². The molecule has 2 rings (SSSR count). The summed E-state index contributed by atoms with van der Waals surface area (Å²) in [6.07, 6.45) is 7.02. The Morgan fingerprint density at radius 2 is 2.07 bits per heavy atom. The van der Waals surface area contributed by atoms with Crippen LogP contribution >= 0.6 is 0 Å². The van der Waals surface area contributed by atoms with E-state index in [0.29, 0.717) is 5.54 Å². The van der Waals surface area contributed by atoms with Crippen LogP contribution in [0.3, 0.4) is 0 Å². The number of hydrogen-bond donors (Lipinski definition) is 1. The highest BCUT2D eigenvalue weighted by molar-refractivity contribution is 5.03. The Hall–Kier alpha value is -0.340. The van der Waals surface area contributed by atoms with E-state index in [2.05, 4.69) is 23.7 Å². The van der Waals surface area contributed by atoms with E-state index >= 15 is 0 Å². The van der Waals surface area contributed by atoms with Gasteiger partial charge in [0.25, 0.3) is 0 Å². The Morgan fingerprint density at radius 1 is 1.33 bits per heavy atom. The van der Waals surface area contributed by atoms with Gasteiger partial charge in [0.05, 0.1) is 0 Å². The minimum absolute atomic E-state index is 0.468. The zero-order valence-corrected chi connectivity index (χ0v) is 10.0. The monoisotopic (exact) mass is 208 g/mol. The number of piperazine rings is 1. The van der Waals surface area contributed by atoms with Crippen molar-refractivity contribution in [2.45, 2.75) is 44.6 Å². The van der Waals surface area contributed by atoms with E-state index in [9.17, 15) is 0 Å². The third kappa shape index (κ3) is 2.43. The third-order valence-electron chi connectivity index (χ3n) is 3.93. The van der Waals surface area contributed by atoms with Gasteiger partial charge >= 0.3 is 0 Å². The Kier molecular flexibility index (Phi) is 3.47. The van der Waals surface area contributed by atoms with Gasteiger partial charge in [-0.3, -0.25) is 4.90 Å². The second-order valence-corrected chi connectivity index (χ2v) is 5.34. The zero-order chi connectivity index (χ0) is 10.7. The molecule has 0 unspecified atom stereocenters. The molecule has 1 N–H and O–H groups in total. The third-order valence-corrected chi connectivity index (χ3v) is 3.93. The van der Waals surface area contributed by atoms with Crippen LogP contribution in [0.15, 0.2) is 12.2 Å². The molecular formula is C13H24N2. The fraction of sp³-hybridized carbons (Fsp3) is 0.846. The minimum atomic E-state index is 0.468. The van der Waals surface area contributed by atoms with Crippen molar-refractivity contribution in [3.63, 3.8) is 0 Å². The molecule has 0 bridgehead atoms. The second kappa shape index (κ2) is 4.67. The van der Waals surface area contributed by atoms with E-state index in [-0.39, 0.29) is 0 Å². The Balaban J connectivity index is 2.06. The molecule has 0 aromatic carbocycles. The van der Waals surface area contributed by atoms with Gasteiger partial charge in [0, 0.05) is 31.7 Å². The summed E-state index contributed by atoms with van der Waals surface area (Å²) in [5, 5.41) is 3.58. The highest BCUT2D eigenvalue weighted by Gasteiger charge is 2.39. The molecule has 2 nitrogen and oxygen atoms in total. The van der Waals surface area contributed by atoms with E-state index in [0.717, 1.165) is 13.1 Å². The van der Waals surface area contributed by atoms with Crippen LogP contribution in [0.5, 0.6) is 0 Å². The summed E-state index contributed by atoms with van der Waals surface area (Å²) >= 11 is 0. The van der Waals surface area contributed by atoms with Crippen molar-refractivity contribution in [3.8, 4) is 0 Å². The van der Waals surface area contributed by atoms with E-state index in [1.807, 2.05) is 0 Å². The van der Waals surface area contributed by atoms with Crippen molar-refractivity contribution in [3.05, 3.63) is 12.2 Å². The fourth-order valence-corrected chi connectivity index (χ4v) is 3.16. The Morgan fingerprint density at radius 3 is 2.73 bits per heavy atom. The summed E-state index contributed by atoms with van der Waals surface area (Å²) in [5.41, 5.74) is 1.77. The number of hydrogen-bond acceptors (Lipinski definition) is 2. The average Bonchev–Trinajstić information content (AvgIpc) is 2.23.